The number of hydrogen-bond donors (Lipinski definition) is 0. The molecule has 0 aliphatic heterocycles. The number of allylic oxidation sites excluding steroid dienone is 6. The van der Waals surface area contributed by atoms with Crippen LogP contribution in [0.25, 0.3) is 0 Å². The lowest BCUT2D eigenvalue weighted by atomic mass is 9.89. The Morgan fingerprint density at radius 1 is 0.629 bits per heavy atom. The highest BCUT2D eigenvalue weighted by atomic mass is 16.6. The van der Waals surface area contributed by atoms with Gasteiger partial charge in [-0.25, -0.2) is 0 Å². The van der Waals surface area contributed by atoms with Gasteiger partial charge in [-0.2, -0.15) is 0 Å². The predicted molar refractivity (Wildman–Crippen MR) is 155 cm³/mol. The van der Waals surface area contributed by atoms with Crippen molar-refractivity contribution >= 4 is 0 Å². The summed E-state index contributed by atoms with van der Waals surface area (Å²) in [6, 6.07) is 0. The number of rotatable bonds is 12. The van der Waals surface area contributed by atoms with Crippen molar-refractivity contribution in [3.63, 3.8) is 0 Å². The molecule has 0 aromatic carbocycles. The summed E-state index contributed by atoms with van der Waals surface area (Å²) < 4.78 is 21.4. The van der Waals surface area contributed by atoms with Crippen LogP contribution in [-0.4, -0.2) is 50.3 Å². The molecule has 0 saturated carbocycles. The topological polar surface area (TPSA) is 36.9 Å². The van der Waals surface area contributed by atoms with E-state index < -0.39 is 0 Å². The first-order valence-corrected chi connectivity index (χ1v) is 12.6. The summed E-state index contributed by atoms with van der Waals surface area (Å²) in [5.41, 5.74) is 4.09. The van der Waals surface area contributed by atoms with Crippen molar-refractivity contribution in [3.05, 3.63) is 47.6 Å². The zero-order chi connectivity index (χ0) is 28.7. The van der Waals surface area contributed by atoms with Crippen molar-refractivity contribution in [2.45, 2.75) is 125 Å². The summed E-state index contributed by atoms with van der Waals surface area (Å²) in [5, 5.41) is 0. The lowest BCUT2D eigenvalue weighted by Crippen LogP contribution is -2.48. The van der Waals surface area contributed by atoms with E-state index in [2.05, 4.69) is 46.1 Å². The van der Waals surface area contributed by atoms with Crippen molar-refractivity contribution in [1.29, 1.82) is 0 Å². The van der Waals surface area contributed by atoms with E-state index in [1.807, 2.05) is 69.2 Å². The first kappa shape index (κ1) is 38.3. The van der Waals surface area contributed by atoms with Gasteiger partial charge in [-0.3, -0.25) is 0 Å². The molecule has 0 heterocycles. The minimum Gasteiger partial charge on any atom is -0.376 e. The molecule has 0 saturated heterocycles. The molecule has 0 aliphatic carbocycles. The third-order valence-corrected chi connectivity index (χ3v) is 6.76. The van der Waals surface area contributed by atoms with E-state index in [0.717, 1.165) is 25.0 Å². The summed E-state index contributed by atoms with van der Waals surface area (Å²) in [6.45, 7) is 35.1. The molecule has 0 N–H and O–H groups in total. The van der Waals surface area contributed by atoms with Gasteiger partial charge >= 0.3 is 0 Å². The fourth-order valence-corrected chi connectivity index (χ4v) is 2.60. The monoisotopic (exact) mass is 496 g/mol. The Labute approximate surface area is 219 Å². The van der Waals surface area contributed by atoms with Gasteiger partial charge in [0.1, 0.15) is 0 Å². The quantitative estimate of drug-likeness (QED) is 0.253. The molecule has 0 rings (SSSR count). The lowest BCUT2D eigenvalue weighted by Gasteiger charge is -2.39. The third-order valence-electron chi connectivity index (χ3n) is 6.76. The van der Waals surface area contributed by atoms with Crippen LogP contribution in [-0.2, 0) is 18.9 Å². The minimum atomic E-state index is -0.234. The van der Waals surface area contributed by atoms with Gasteiger partial charge in [0.25, 0.3) is 0 Å². The van der Waals surface area contributed by atoms with Gasteiger partial charge < -0.3 is 18.9 Å². The van der Waals surface area contributed by atoms with Crippen LogP contribution < -0.4 is 0 Å². The molecule has 4 nitrogen and oxygen atoms in total. The molecule has 0 unspecified atom stereocenters. The van der Waals surface area contributed by atoms with E-state index in [1.54, 1.807) is 21.3 Å². The zero-order valence-electron chi connectivity index (χ0n) is 26.3. The van der Waals surface area contributed by atoms with Gasteiger partial charge in [-0.05, 0) is 103 Å². The van der Waals surface area contributed by atoms with E-state index in [4.69, 9.17) is 18.9 Å². The summed E-state index contributed by atoms with van der Waals surface area (Å²) in [4.78, 5) is 0. The Bertz CT molecular complexity index is 658. The number of methoxy groups -OCH3 is 3. The molecule has 0 atom stereocenters. The van der Waals surface area contributed by atoms with Crippen LogP contribution in [0.3, 0.4) is 0 Å². The molecule has 0 amide bonds. The summed E-state index contributed by atoms with van der Waals surface area (Å²) in [6.07, 6.45) is 6.40. The molecule has 4 heteroatoms. The maximum Gasteiger partial charge on any atom is 0.0909 e. The van der Waals surface area contributed by atoms with Crippen molar-refractivity contribution in [2.75, 3.05) is 27.9 Å². The molecular weight excluding hydrogens is 436 g/mol. The molecule has 35 heavy (non-hydrogen) atoms. The van der Waals surface area contributed by atoms with Gasteiger partial charge in [-0.15, -0.1) is 0 Å². The van der Waals surface area contributed by atoms with Crippen molar-refractivity contribution in [3.8, 4) is 0 Å². The maximum atomic E-state index is 5.56. The second-order valence-corrected chi connectivity index (χ2v) is 11.3. The van der Waals surface area contributed by atoms with Gasteiger partial charge in [0, 0.05) is 27.9 Å². The Hall–Kier alpha value is -1.20. The molecule has 0 aromatic heterocycles. The largest absolute Gasteiger partial charge is 0.376 e. The molecule has 0 spiro atoms. The second kappa shape index (κ2) is 17.3. The van der Waals surface area contributed by atoms with Crippen LogP contribution in [0.2, 0.25) is 0 Å². The van der Waals surface area contributed by atoms with Crippen LogP contribution in [0.1, 0.15) is 103 Å². The van der Waals surface area contributed by atoms with E-state index in [9.17, 15) is 0 Å². The van der Waals surface area contributed by atoms with Crippen molar-refractivity contribution < 1.29 is 18.9 Å². The summed E-state index contributed by atoms with van der Waals surface area (Å²) in [7, 11) is 5.10. The number of ether oxygens (including phenoxy) is 4. The molecule has 0 aromatic rings. The lowest BCUT2D eigenvalue weighted by molar-refractivity contribution is -0.160. The highest BCUT2D eigenvalue weighted by Crippen LogP contribution is 2.28. The van der Waals surface area contributed by atoms with E-state index in [1.165, 1.54) is 16.7 Å². The SMILES string of the molecule is C=C(C)/C=C(\C)CCC(=C)C=C(C)C.CCOC(C)(C)C(C)(C)OC.COC(C)(C)C(C)(C)OC. The molecule has 0 aliphatic rings. The Morgan fingerprint density at radius 3 is 1.29 bits per heavy atom. The third kappa shape index (κ3) is 17.0. The van der Waals surface area contributed by atoms with Gasteiger partial charge in [0.15, 0.2) is 0 Å². The molecular formula is C31H60O4. The Balaban J connectivity index is -0.000000447. The molecule has 208 valence electrons. The van der Waals surface area contributed by atoms with Crippen molar-refractivity contribution in [2.24, 2.45) is 0 Å². The van der Waals surface area contributed by atoms with E-state index >= 15 is 0 Å². The van der Waals surface area contributed by atoms with Gasteiger partial charge in [0.2, 0.25) is 0 Å². The molecule has 0 fully saturated rings. The average molecular weight is 497 g/mol. The van der Waals surface area contributed by atoms with Crippen LogP contribution >= 0.6 is 0 Å². The minimum absolute atomic E-state index is 0.226. The van der Waals surface area contributed by atoms with Crippen LogP contribution in [0, 0.1) is 0 Å². The first-order valence-electron chi connectivity index (χ1n) is 12.6. The van der Waals surface area contributed by atoms with Crippen molar-refractivity contribution in [1.82, 2.24) is 0 Å². The Morgan fingerprint density at radius 2 is 1.00 bits per heavy atom. The van der Waals surface area contributed by atoms with Gasteiger partial charge in [-0.1, -0.05) is 47.6 Å². The zero-order valence-corrected chi connectivity index (χ0v) is 26.3. The Kier molecular flexibility index (Phi) is 18.9. The van der Waals surface area contributed by atoms with Crippen LogP contribution in [0.5, 0.6) is 0 Å². The molecule has 0 bridgehead atoms. The maximum absolute atomic E-state index is 5.56. The second-order valence-electron chi connectivity index (χ2n) is 11.3. The molecule has 0 radical (unpaired) electrons. The highest BCUT2D eigenvalue weighted by molar-refractivity contribution is 5.22. The predicted octanol–water partition coefficient (Wildman–Crippen LogP) is 8.87. The normalized spacial score (nSPS) is 12.6. The van der Waals surface area contributed by atoms with E-state index in [-0.39, 0.29) is 22.4 Å². The fraction of sp³-hybridized carbons (Fsp3) is 0.742. The van der Waals surface area contributed by atoms with Gasteiger partial charge in [0.05, 0.1) is 22.4 Å². The van der Waals surface area contributed by atoms with E-state index in [0.29, 0.717) is 0 Å². The summed E-state index contributed by atoms with van der Waals surface area (Å²) in [5.74, 6) is 0. The summed E-state index contributed by atoms with van der Waals surface area (Å²) >= 11 is 0. The highest BCUT2D eigenvalue weighted by Gasteiger charge is 2.38. The smallest absolute Gasteiger partial charge is 0.0909 e. The van der Waals surface area contributed by atoms with Crippen LogP contribution in [0.15, 0.2) is 47.6 Å². The number of hydrogen-bond acceptors (Lipinski definition) is 4. The first-order chi connectivity index (χ1) is 15.7. The fourth-order valence-electron chi connectivity index (χ4n) is 2.60. The average Bonchev–Trinajstić information content (AvgIpc) is 2.72. The van der Waals surface area contributed by atoms with Crippen LogP contribution in [0.4, 0.5) is 0 Å². The standard InChI is InChI=1S/C14H22.C9H20O2.C8H18O2/c1-11(2)9-13(5)7-8-14(6)10-12(3)4;1-7-11-9(4,5)8(2,3)10-6;1-7(2,9-5)8(3,4)10-6/h9-10H,1,6-8H2,2-5H3;7H2,1-6H3;1-6H3/b13-9+;;.